The van der Waals surface area contributed by atoms with Gasteiger partial charge in [0.05, 0.1) is 10.7 Å². The number of aryl methyl sites for hydroxylation is 1. The highest BCUT2D eigenvalue weighted by Gasteiger charge is 2.05. The molecule has 0 aliphatic heterocycles. The molecular weight excluding hydrogens is 217 g/mol. The number of H-pyrrole nitrogens is 1. The van der Waals surface area contributed by atoms with Crippen molar-refractivity contribution in [2.45, 2.75) is 6.92 Å². The van der Waals surface area contributed by atoms with Gasteiger partial charge in [0.1, 0.15) is 0 Å². The van der Waals surface area contributed by atoms with E-state index in [1.807, 2.05) is 37.4 Å². The minimum absolute atomic E-state index is 0.713. The Morgan fingerprint density at radius 1 is 1.07 bits per heavy atom. The van der Waals surface area contributed by atoms with Gasteiger partial charge in [0.15, 0.2) is 0 Å². The standard InChI is InChI=1S/C11H9Cl2N/c1-7-2-3-8(6-10(7)13)11-9(12)4-5-14-11/h2-6,14H,1H3. The molecule has 0 spiro atoms. The Labute approximate surface area is 92.7 Å². The molecule has 1 aromatic carbocycles. The largest absolute Gasteiger partial charge is 0.360 e. The molecule has 0 unspecified atom stereocenters. The van der Waals surface area contributed by atoms with Crippen LogP contribution in [0.5, 0.6) is 0 Å². The molecule has 0 saturated heterocycles. The zero-order chi connectivity index (χ0) is 10.1. The number of rotatable bonds is 1. The Bertz CT molecular complexity index is 460. The molecule has 3 heteroatoms. The molecule has 0 fully saturated rings. The topological polar surface area (TPSA) is 15.8 Å². The van der Waals surface area contributed by atoms with Gasteiger partial charge in [-0.25, -0.2) is 0 Å². The first-order valence-corrected chi connectivity index (χ1v) is 5.03. The van der Waals surface area contributed by atoms with E-state index in [0.717, 1.165) is 21.8 Å². The molecule has 1 aromatic heterocycles. The van der Waals surface area contributed by atoms with Crippen LogP contribution in [0.25, 0.3) is 11.3 Å². The number of aromatic nitrogens is 1. The van der Waals surface area contributed by atoms with Crippen molar-refractivity contribution in [1.82, 2.24) is 4.98 Å². The lowest BCUT2D eigenvalue weighted by atomic mass is 10.1. The average Bonchev–Trinajstić information content (AvgIpc) is 2.57. The van der Waals surface area contributed by atoms with Gasteiger partial charge in [-0.15, -0.1) is 0 Å². The predicted octanol–water partition coefficient (Wildman–Crippen LogP) is 4.30. The molecule has 14 heavy (non-hydrogen) atoms. The highest BCUT2D eigenvalue weighted by atomic mass is 35.5. The van der Waals surface area contributed by atoms with Crippen molar-refractivity contribution in [2.24, 2.45) is 0 Å². The second-order valence-corrected chi connectivity index (χ2v) is 3.98. The molecule has 0 saturated carbocycles. The lowest BCUT2D eigenvalue weighted by Gasteiger charge is -2.02. The molecule has 1 N–H and O–H groups in total. The first-order valence-electron chi connectivity index (χ1n) is 4.28. The quantitative estimate of drug-likeness (QED) is 0.746. The van der Waals surface area contributed by atoms with E-state index in [0.29, 0.717) is 5.02 Å². The average molecular weight is 226 g/mol. The van der Waals surface area contributed by atoms with Gasteiger partial charge in [-0.1, -0.05) is 35.3 Å². The fourth-order valence-electron chi connectivity index (χ4n) is 1.32. The van der Waals surface area contributed by atoms with E-state index in [1.54, 1.807) is 0 Å². The first-order chi connectivity index (χ1) is 6.68. The van der Waals surface area contributed by atoms with Crippen LogP contribution in [0.3, 0.4) is 0 Å². The normalized spacial score (nSPS) is 10.5. The van der Waals surface area contributed by atoms with Gasteiger partial charge in [0.2, 0.25) is 0 Å². The third-order valence-corrected chi connectivity index (χ3v) is 2.88. The Morgan fingerprint density at radius 3 is 2.43 bits per heavy atom. The van der Waals surface area contributed by atoms with E-state index in [-0.39, 0.29) is 0 Å². The zero-order valence-electron chi connectivity index (χ0n) is 7.64. The van der Waals surface area contributed by atoms with Crippen molar-refractivity contribution in [3.05, 3.63) is 46.1 Å². The van der Waals surface area contributed by atoms with E-state index in [1.165, 1.54) is 0 Å². The summed E-state index contributed by atoms with van der Waals surface area (Å²) >= 11 is 12.0. The molecule has 72 valence electrons. The van der Waals surface area contributed by atoms with Gasteiger partial charge >= 0.3 is 0 Å². The van der Waals surface area contributed by atoms with E-state index in [4.69, 9.17) is 23.2 Å². The molecule has 2 rings (SSSR count). The van der Waals surface area contributed by atoms with E-state index >= 15 is 0 Å². The van der Waals surface area contributed by atoms with Gasteiger partial charge in [0, 0.05) is 16.8 Å². The van der Waals surface area contributed by atoms with Gasteiger partial charge in [-0.3, -0.25) is 0 Å². The molecule has 0 amide bonds. The molecule has 0 aliphatic carbocycles. The maximum absolute atomic E-state index is 6.03. The van der Waals surface area contributed by atoms with Gasteiger partial charge in [-0.2, -0.15) is 0 Å². The van der Waals surface area contributed by atoms with Crippen molar-refractivity contribution in [3.63, 3.8) is 0 Å². The second-order valence-electron chi connectivity index (χ2n) is 3.16. The van der Waals surface area contributed by atoms with Crippen LogP contribution in [0.15, 0.2) is 30.5 Å². The van der Waals surface area contributed by atoms with Crippen LogP contribution in [0.1, 0.15) is 5.56 Å². The summed E-state index contributed by atoms with van der Waals surface area (Å²) in [5.41, 5.74) is 2.99. The summed E-state index contributed by atoms with van der Waals surface area (Å²) in [6.45, 7) is 1.97. The third kappa shape index (κ3) is 1.66. The lowest BCUT2D eigenvalue weighted by Crippen LogP contribution is -1.80. The summed E-state index contributed by atoms with van der Waals surface area (Å²) < 4.78 is 0. The summed E-state index contributed by atoms with van der Waals surface area (Å²) in [5, 5.41) is 1.47. The fourth-order valence-corrected chi connectivity index (χ4v) is 1.73. The molecule has 0 bridgehead atoms. The monoisotopic (exact) mass is 225 g/mol. The molecule has 0 aliphatic rings. The Balaban J connectivity index is 2.53. The van der Waals surface area contributed by atoms with Crippen LogP contribution < -0.4 is 0 Å². The van der Waals surface area contributed by atoms with Crippen LogP contribution in [0.4, 0.5) is 0 Å². The summed E-state index contributed by atoms with van der Waals surface area (Å²) in [6, 6.07) is 7.72. The number of halogens is 2. The number of hydrogen-bond donors (Lipinski definition) is 1. The number of nitrogens with one attached hydrogen (secondary N) is 1. The molecule has 2 aromatic rings. The van der Waals surface area contributed by atoms with Crippen LogP contribution >= 0.6 is 23.2 Å². The fraction of sp³-hybridized carbons (Fsp3) is 0.0909. The summed E-state index contributed by atoms with van der Waals surface area (Å²) in [6.07, 6.45) is 1.81. The van der Waals surface area contributed by atoms with Crippen LogP contribution in [-0.2, 0) is 0 Å². The highest BCUT2D eigenvalue weighted by Crippen LogP contribution is 2.29. The van der Waals surface area contributed by atoms with Gasteiger partial charge < -0.3 is 4.98 Å². The van der Waals surface area contributed by atoms with Crippen LogP contribution in [0.2, 0.25) is 10.0 Å². The minimum Gasteiger partial charge on any atom is -0.360 e. The number of hydrogen-bond acceptors (Lipinski definition) is 0. The summed E-state index contributed by atoms with van der Waals surface area (Å²) in [7, 11) is 0. The smallest absolute Gasteiger partial charge is 0.0661 e. The van der Waals surface area contributed by atoms with E-state index < -0.39 is 0 Å². The van der Waals surface area contributed by atoms with Crippen LogP contribution in [-0.4, -0.2) is 4.98 Å². The van der Waals surface area contributed by atoms with Crippen molar-refractivity contribution >= 4 is 23.2 Å². The van der Waals surface area contributed by atoms with Gasteiger partial charge in [0.25, 0.3) is 0 Å². The maximum atomic E-state index is 6.03. The number of benzene rings is 1. The van der Waals surface area contributed by atoms with Crippen molar-refractivity contribution in [2.75, 3.05) is 0 Å². The maximum Gasteiger partial charge on any atom is 0.0661 e. The van der Waals surface area contributed by atoms with Gasteiger partial charge in [-0.05, 0) is 24.6 Å². The molecule has 0 radical (unpaired) electrons. The Hall–Kier alpha value is -0.920. The van der Waals surface area contributed by atoms with E-state index in [2.05, 4.69) is 4.98 Å². The second kappa shape index (κ2) is 3.68. The minimum atomic E-state index is 0.713. The predicted molar refractivity (Wildman–Crippen MR) is 61.0 cm³/mol. The summed E-state index contributed by atoms with van der Waals surface area (Å²) in [4.78, 5) is 3.08. The van der Waals surface area contributed by atoms with Crippen LogP contribution in [0, 0.1) is 6.92 Å². The zero-order valence-corrected chi connectivity index (χ0v) is 9.15. The molecule has 1 heterocycles. The molecule has 0 atom stereocenters. The Morgan fingerprint density at radius 2 is 1.86 bits per heavy atom. The molecule has 1 nitrogen and oxygen atoms in total. The summed E-state index contributed by atoms with van der Waals surface area (Å²) in [5.74, 6) is 0. The SMILES string of the molecule is Cc1ccc(-c2[nH]ccc2Cl)cc1Cl. The highest BCUT2D eigenvalue weighted by molar-refractivity contribution is 6.33. The third-order valence-electron chi connectivity index (χ3n) is 2.16. The van der Waals surface area contributed by atoms with Crippen molar-refractivity contribution in [3.8, 4) is 11.3 Å². The first kappa shape index (κ1) is 9.63. The lowest BCUT2D eigenvalue weighted by molar-refractivity contribution is 1.39. The number of aromatic amines is 1. The van der Waals surface area contributed by atoms with E-state index in [9.17, 15) is 0 Å². The Kier molecular flexibility index (Phi) is 2.53. The van der Waals surface area contributed by atoms with Crippen molar-refractivity contribution in [1.29, 1.82) is 0 Å². The van der Waals surface area contributed by atoms with Crippen molar-refractivity contribution < 1.29 is 0 Å². The molecular formula is C11H9Cl2N.